The number of nitrogens with zero attached hydrogens (tertiary/aromatic N) is 1. The van der Waals surface area contributed by atoms with Gasteiger partial charge in [-0.15, -0.1) is 0 Å². The van der Waals surface area contributed by atoms with E-state index in [2.05, 4.69) is 16.7 Å². The Labute approximate surface area is 219 Å². The molecule has 4 rings (SSSR count). The van der Waals surface area contributed by atoms with E-state index < -0.39 is 28.4 Å². The molecule has 2 aromatic carbocycles. The zero-order valence-corrected chi connectivity index (χ0v) is 21.8. The molecule has 2 aliphatic carbocycles. The van der Waals surface area contributed by atoms with E-state index in [0.717, 1.165) is 56.9 Å². The Hall–Kier alpha value is -3.07. The van der Waals surface area contributed by atoms with Gasteiger partial charge in [0, 0.05) is 28.2 Å². The van der Waals surface area contributed by atoms with Gasteiger partial charge in [0.25, 0.3) is 0 Å². The largest absolute Gasteiger partial charge is 0.352 e. The van der Waals surface area contributed by atoms with Gasteiger partial charge in [-0.1, -0.05) is 31.4 Å². The van der Waals surface area contributed by atoms with Crippen LogP contribution in [0.5, 0.6) is 0 Å². The Balaban J connectivity index is 1.44. The van der Waals surface area contributed by atoms with Crippen LogP contribution in [0.25, 0.3) is 0 Å². The topological polar surface area (TPSA) is 95.6 Å². The van der Waals surface area contributed by atoms with E-state index in [4.69, 9.17) is 0 Å². The molecule has 0 spiro atoms. The van der Waals surface area contributed by atoms with E-state index in [0.29, 0.717) is 11.4 Å². The molecule has 2 aromatic rings. The zero-order valence-electron chi connectivity index (χ0n) is 21.0. The van der Waals surface area contributed by atoms with E-state index in [1.54, 1.807) is 0 Å². The van der Waals surface area contributed by atoms with E-state index >= 15 is 0 Å². The number of amides is 3. The molecule has 1 atom stereocenters. The van der Waals surface area contributed by atoms with Gasteiger partial charge < -0.3 is 15.5 Å². The summed E-state index contributed by atoms with van der Waals surface area (Å²) in [6.07, 6.45) is 9.06. The van der Waals surface area contributed by atoms with Crippen LogP contribution >= 0.6 is 0 Å². The van der Waals surface area contributed by atoms with Crippen LogP contribution in [0.1, 0.15) is 56.1 Å². The molecule has 0 saturated heterocycles. The molecular weight excluding hydrogens is 493 g/mol. The molecule has 0 heterocycles. The number of fused-ring (bicyclic) bond motifs is 1. The minimum atomic E-state index is -1.78. The Morgan fingerprint density at radius 3 is 2.38 bits per heavy atom. The SMILES string of the molecule is O=C(C[S@](=O)CC(=O)N(CC(=O)NC1CCCCC1)c1cccc2c1CCCC2)Nc1ccc(F)cc1. The maximum absolute atomic E-state index is 13.4. The fraction of sp³-hybridized carbons (Fsp3) is 0.464. The van der Waals surface area contributed by atoms with Crippen LogP contribution < -0.4 is 15.5 Å². The van der Waals surface area contributed by atoms with E-state index in [1.165, 1.54) is 41.1 Å². The monoisotopic (exact) mass is 527 g/mol. The lowest BCUT2D eigenvalue weighted by Crippen LogP contribution is -2.46. The van der Waals surface area contributed by atoms with Crippen molar-refractivity contribution in [1.29, 1.82) is 0 Å². The third-order valence-electron chi connectivity index (χ3n) is 6.94. The zero-order chi connectivity index (χ0) is 26.2. The molecule has 0 aromatic heterocycles. The lowest BCUT2D eigenvalue weighted by Gasteiger charge is -2.29. The van der Waals surface area contributed by atoms with Gasteiger partial charge in [-0.25, -0.2) is 4.39 Å². The van der Waals surface area contributed by atoms with E-state index in [9.17, 15) is 23.0 Å². The van der Waals surface area contributed by atoms with Gasteiger partial charge in [0.05, 0.1) is 0 Å². The average molecular weight is 528 g/mol. The summed E-state index contributed by atoms with van der Waals surface area (Å²) in [6, 6.07) is 11.2. The summed E-state index contributed by atoms with van der Waals surface area (Å²) in [5.41, 5.74) is 3.31. The van der Waals surface area contributed by atoms with Gasteiger partial charge >= 0.3 is 0 Å². The second kappa shape index (κ2) is 12.9. The summed E-state index contributed by atoms with van der Waals surface area (Å²) >= 11 is 0. The minimum Gasteiger partial charge on any atom is -0.352 e. The molecular formula is C28H34FN3O4S. The molecule has 198 valence electrons. The standard InChI is InChI=1S/C28H34FN3O4S/c29-21-13-15-23(16-14-21)31-27(34)18-37(36)19-28(35)32(17-26(33)30-22-9-2-1-3-10-22)25-12-6-8-20-7-4-5-11-24(20)25/h6,8,12-16,22H,1-5,7,9-11,17-19H2,(H,30,33)(H,31,34)/t37-/m0/s1. The maximum atomic E-state index is 13.4. The fourth-order valence-electron chi connectivity index (χ4n) is 5.13. The van der Waals surface area contributed by atoms with Crippen molar-refractivity contribution < 1.29 is 23.0 Å². The van der Waals surface area contributed by atoms with Crippen molar-refractivity contribution in [2.75, 3.05) is 28.3 Å². The van der Waals surface area contributed by atoms with Crippen molar-refractivity contribution in [1.82, 2.24) is 5.32 Å². The molecule has 0 bridgehead atoms. The smallest absolute Gasteiger partial charge is 0.240 e. The lowest BCUT2D eigenvalue weighted by molar-refractivity contribution is -0.123. The molecule has 2 N–H and O–H groups in total. The molecule has 1 saturated carbocycles. The number of halogens is 1. The lowest BCUT2D eigenvalue weighted by atomic mass is 9.90. The highest BCUT2D eigenvalue weighted by Gasteiger charge is 2.27. The van der Waals surface area contributed by atoms with Gasteiger partial charge in [-0.2, -0.15) is 0 Å². The van der Waals surface area contributed by atoms with Gasteiger partial charge in [0.15, 0.2) is 0 Å². The highest BCUT2D eigenvalue weighted by Crippen LogP contribution is 2.31. The van der Waals surface area contributed by atoms with Crippen LogP contribution in [0, 0.1) is 5.82 Å². The summed E-state index contributed by atoms with van der Waals surface area (Å²) < 4.78 is 25.9. The predicted octanol–water partition coefficient (Wildman–Crippen LogP) is 3.87. The van der Waals surface area contributed by atoms with Crippen LogP contribution in [-0.4, -0.2) is 46.0 Å². The van der Waals surface area contributed by atoms with Crippen molar-refractivity contribution in [3.8, 4) is 0 Å². The molecule has 1 fully saturated rings. The molecule has 37 heavy (non-hydrogen) atoms. The summed E-state index contributed by atoms with van der Waals surface area (Å²) in [7, 11) is -1.78. The molecule has 0 unspecified atom stereocenters. The minimum absolute atomic E-state index is 0.118. The van der Waals surface area contributed by atoms with Crippen molar-refractivity contribution in [2.24, 2.45) is 0 Å². The third kappa shape index (κ3) is 7.71. The van der Waals surface area contributed by atoms with Crippen LogP contribution in [0.4, 0.5) is 15.8 Å². The van der Waals surface area contributed by atoms with E-state index in [-0.39, 0.29) is 30.0 Å². The number of hydrogen-bond acceptors (Lipinski definition) is 4. The number of hydrogen-bond donors (Lipinski definition) is 2. The van der Waals surface area contributed by atoms with Gasteiger partial charge in [0.1, 0.15) is 23.9 Å². The molecule has 9 heteroatoms. The molecule has 2 aliphatic rings. The average Bonchev–Trinajstić information content (AvgIpc) is 2.88. The number of benzene rings is 2. The van der Waals surface area contributed by atoms with Crippen molar-refractivity contribution in [2.45, 2.75) is 63.8 Å². The molecule has 7 nitrogen and oxygen atoms in total. The second-order valence-corrected chi connectivity index (χ2v) is 11.2. The van der Waals surface area contributed by atoms with Crippen LogP contribution in [0.2, 0.25) is 0 Å². The first-order valence-electron chi connectivity index (χ1n) is 13.0. The first-order chi connectivity index (χ1) is 17.9. The number of rotatable bonds is 9. The van der Waals surface area contributed by atoms with Gasteiger partial charge in [0.2, 0.25) is 17.7 Å². The van der Waals surface area contributed by atoms with Crippen molar-refractivity contribution in [3.05, 3.63) is 59.4 Å². The molecule has 0 aliphatic heterocycles. The molecule has 3 amide bonds. The summed E-state index contributed by atoms with van der Waals surface area (Å²) in [5.74, 6) is -2.39. The van der Waals surface area contributed by atoms with Gasteiger partial charge in [-0.05, 0) is 80.0 Å². The number of anilines is 2. The Morgan fingerprint density at radius 2 is 1.62 bits per heavy atom. The van der Waals surface area contributed by atoms with Crippen LogP contribution in [0.15, 0.2) is 42.5 Å². The summed E-state index contributed by atoms with van der Waals surface area (Å²) in [5, 5.41) is 5.64. The number of nitrogens with one attached hydrogen (secondary N) is 2. The first kappa shape index (κ1) is 27.0. The van der Waals surface area contributed by atoms with Crippen LogP contribution in [0.3, 0.4) is 0 Å². The third-order valence-corrected chi connectivity index (χ3v) is 8.09. The predicted molar refractivity (Wildman–Crippen MR) is 143 cm³/mol. The summed E-state index contributed by atoms with van der Waals surface area (Å²) in [4.78, 5) is 40.2. The maximum Gasteiger partial charge on any atom is 0.240 e. The van der Waals surface area contributed by atoms with Gasteiger partial charge in [-0.3, -0.25) is 18.6 Å². The van der Waals surface area contributed by atoms with E-state index in [1.807, 2.05) is 12.1 Å². The summed E-state index contributed by atoms with van der Waals surface area (Å²) in [6.45, 7) is -0.148. The number of aryl methyl sites for hydroxylation is 1. The van der Waals surface area contributed by atoms with Crippen molar-refractivity contribution >= 4 is 39.9 Å². The molecule has 0 radical (unpaired) electrons. The second-order valence-electron chi connectivity index (χ2n) is 9.79. The highest BCUT2D eigenvalue weighted by atomic mass is 32.2. The number of carbonyl (C=O) groups excluding carboxylic acids is 3. The van der Waals surface area contributed by atoms with Crippen molar-refractivity contribution in [3.63, 3.8) is 0 Å². The Bertz CT molecular complexity index is 1150. The normalized spacial score (nSPS) is 16.4. The van der Waals surface area contributed by atoms with Crippen LogP contribution in [-0.2, 0) is 38.0 Å². The number of carbonyl (C=O) groups is 3. The Kier molecular flexibility index (Phi) is 9.44. The first-order valence-corrected chi connectivity index (χ1v) is 14.5. The Morgan fingerprint density at radius 1 is 0.892 bits per heavy atom. The quantitative estimate of drug-likeness (QED) is 0.518. The fourth-order valence-corrected chi connectivity index (χ4v) is 6.03. The highest BCUT2D eigenvalue weighted by molar-refractivity contribution is 7.86.